The first-order valence-corrected chi connectivity index (χ1v) is 7.07. The molecule has 0 saturated heterocycles. The van der Waals surface area contributed by atoms with Crippen LogP contribution in [0.5, 0.6) is 0 Å². The second-order valence-corrected chi connectivity index (χ2v) is 5.15. The van der Waals surface area contributed by atoms with Crippen LogP contribution in [-0.2, 0) is 11.2 Å². The zero-order valence-corrected chi connectivity index (χ0v) is 12.2. The minimum Gasteiger partial charge on any atom is -0.465 e. The Hall–Kier alpha value is -2.49. The molecular weight excluding hydrogens is 264 g/mol. The minimum absolute atomic E-state index is 0.345. The molecule has 1 aromatic heterocycles. The first-order chi connectivity index (χ1) is 10.2. The molecule has 0 radical (unpaired) electrons. The highest BCUT2D eigenvalue weighted by atomic mass is 16.5. The van der Waals surface area contributed by atoms with Gasteiger partial charge in [-0.2, -0.15) is 0 Å². The maximum absolute atomic E-state index is 12.3. The number of nitrogens with one attached hydrogen (secondary N) is 1. The molecule has 0 aliphatic rings. The Morgan fingerprint density at radius 1 is 1.29 bits per heavy atom. The van der Waals surface area contributed by atoms with Crippen LogP contribution in [0.4, 0.5) is 5.69 Å². The van der Waals surface area contributed by atoms with E-state index in [1.807, 2.05) is 30.3 Å². The predicted octanol–water partition coefficient (Wildman–Crippen LogP) is 3.64. The lowest BCUT2D eigenvalue weighted by atomic mass is 9.97. The summed E-state index contributed by atoms with van der Waals surface area (Å²) < 4.78 is 4.97. The number of hydrogen-bond donors (Lipinski definition) is 2. The summed E-state index contributed by atoms with van der Waals surface area (Å²) >= 11 is 0. The van der Waals surface area contributed by atoms with E-state index >= 15 is 0 Å². The van der Waals surface area contributed by atoms with Crippen molar-refractivity contribution in [3.63, 3.8) is 0 Å². The molecule has 4 heteroatoms. The third-order valence-electron chi connectivity index (χ3n) is 3.84. The number of nitrogen functional groups attached to an aromatic ring is 1. The molecule has 0 fully saturated rings. The number of aromatic nitrogens is 1. The van der Waals surface area contributed by atoms with Crippen molar-refractivity contribution < 1.29 is 9.53 Å². The normalized spacial score (nSPS) is 11.1. The molecule has 0 aliphatic heterocycles. The third kappa shape index (κ3) is 2.03. The summed E-state index contributed by atoms with van der Waals surface area (Å²) in [5, 5.41) is 2.02. The van der Waals surface area contributed by atoms with Gasteiger partial charge in [0.25, 0.3) is 0 Å². The van der Waals surface area contributed by atoms with E-state index in [1.165, 1.54) is 7.11 Å². The number of ether oxygens (including phenoxy) is 1. The number of carbonyl (C=O) groups excluding carboxylic acids is 1. The molecule has 0 bridgehead atoms. The number of aromatic amines is 1. The summed E-state index contributed by atoms with van der Waals surface area (Å²) in [6.45, 7) is 2.07. The van der Waals surface area contributed by atoms with Crippen molar-refractivity contribution in [2.45, 2.75) is 19.8 Å². The fourth-order valence-corrected chi connectivity index (χ4v) is 2.90. The summed E-state index contributed by atoms with van der Waals surface area (Å²) in [6, 6.07) is 9.90. The highest BCUT2D eigenvalue weighted by Crippen LogP contribution is 2.34. The number of benzene rings is 2. The van der Waals surface area contributed by atoms with Crippen LogP contribution in [0, 0.1) is 0 Å². The van der Waals surface area contributed by atoms with Gasteiger partial charge in [-0.25, -0.2) is 4.79 Å². The van der Waals surface area contributed by atoms with Gasteiger partial charge in [-0.15, -0.1) is 0 Å². The van der Waals surface area contributed by atoms with Crippen LogP contribution in [0.25, 0.3) is 21.8 Å². The first-order valence-electron chi connectivity index (χ1n) is 7.07. The van der Waals surface area contributed by atoms with Gasteiger partial charge in [0.1, 0.15) is 0 Å². The lowest BCUT2D eigenvalue weighted by Crippen LogP contribution is -2.09. The maximum atomic E-state index is 12.3. The molecule has 0 saturated carbocycles. The van der Waals surface area contributed by atoms with Crippen LogP contribution < -0.4 is 5.73 Å². The molecule has 0 unspecified atom stereocenters. The second kappa shape index (κ2) is 5.13. The molecule has 3 aromatic rings. The van der Waals surface area contributed by atoms with Crippen LogP contribution in [0.2, 0.25) is 0 Å². The van der Waals surface area contributed by atoms with E-state index in [0.29, 0.717) is 11.3 Å². The average Bonchev–Trinajstić information content (AvgIpc) is 2.85. The van der Waals surface area contributed by atoms with Gasteiger partial charge in [0, 0.05) is 22.0 Å². The summed E-state index contributed by atoms with van der Waals surface area (Å²) in [7, 11) is 1.40. The van der Waals surface area contributed by atoms with Crippen LogP contribution >= 0.6 is 0 Å². The van der Waals surface area contributed by atoms with Crippen molar-refractivity contribution in [1.82, 2.24) is 4.98 Å². The van der Waals surface area contributed by atoms with Crippen molar-refractivity contribution in [1.29, 1.82) is 0 Å². The van der Waals surface area contributed by atoms with E-state index in [4.69, 9.17) is 10.5 Å². The van der Waals surface area contributed by atoms with E-state index in [1.54, 1.807) is 0 Å². The van der Waals surface area contributed by atoms with Gasteiger partial charge in [-0.1, -0.05) is 31.5 Å². The average molecular weight is 282 g/mol. The Kier molecular flexibility index (Phi) is 3.29. The zero-order chi connectivity index (χ0) is 15.0. The van der Waals surface area contributed by atoms with Crippen LogP contribution in [0.15, 0.2) is 30.3 Å². The van der Waals surface area contributed by atoms with E-state index in [-0.39, 0.29) is 5.97 Å². The third-order valence-corrected chi connectivity index (χ3v) is 3.84. The maximum Gasteiger partial charge on any atom is 0.340 e. The lowest BCUT2D eigenvalue weighted by molar-refractivity contribution is 0.0601. The van der Waals surface area contributed by atoms with Crippen LogP contribution in [0.3, 0.4) is 0 Å². The van der Waals surface area contributed by atoms with Crippen molar-refractivity contribution in [2.24, 2.45) is 0 Å². The molecule has 0 atom stereocenters. The number of methoxy groups -OCH3 is 1. The molecular formula is C17H18N2O2. The molecule has 1 heterocycles. The molecule has 2 aromatic carbocycles. The van der Waals surface area contributed by atoms with Crippen LogP contribution in [-0.4, -0.2) is 18.1 Å². The van der Waals surface area contributed by atoms with E-state index in [9.17, 15) is 4.79 Å². The topological polar surface area (TPSA) is 68.1 Å². The van der Waals surface area contributed by atoms with Gasteiger partial charge in [0.05, 0.1) is 18.2 Å². The van der Waals surface area contributed by atoms with Gasteiger partial charge < -0.3 is 15.5 Å². The fraction of sp³-hybridized carbons (Fsp3) is 0.235. The van der Waals surface area contributed by atoms with Gasteiger partial charge in [0.2, 0.25) is 0 Å². The van der Waals surface area contributed by atoms with Crippen molar-refractivity contribution >= 4 is 33.5 Å². The summed E-state index contributed by atoms with van der Waals surface area (Å²) in [4.78, 5) is 15.6. The number of esters is 1. The number of nitrogens with two attached hydrogens (primary N) is 1. The van der Waals surface area contributed by atoms with E-state index < -0.39 is 0 Å². The summed E-state index contributed by atoms with van der Waals surface area (Å²) in [5.41, 5.74) is 10.1. The highest BCUT2D eigenvalue weighted by Gasteiger charge is 2.21. The lowest BCUT2D eigenvalue weighted by Gasteiger charge is -2.11. The monoisotopic (exact) mass is 282 g/mol. The zero-order valence-electron chi connectivity index (χ0n) is 12.2. The molecule has 4 nitrogen and oxygen atoms in total. The van der Waals surface area contributed by atoms with Gasteiger partial charge in [-0.05, 0) is 24.1 Å². The second-order valence-electron chi connectivity index (χ2n) is 5.15. The number of H-pyrrole nitrogens is 1. The Balaban J connectivity index is 2.45. The Labute approximate surface area is 122 Å². The molecule has 0 amide bonds. The molecule has 3 rings (SSSR count). The quantitative estimate of drug-likeness (QED) is 0.569. The Morgan fingerprint density at radius 3 is 2.76 bits per heavy atom. The number of fused-ring (bicyclic) bond motifs is 3. The summed E-state index contributed by atoms with van der Waals surface area (Å²) in [5.74, 6) is -0.345. The minimum atomic E-state index is -0.345. The molecule has 3 N–H and O–H groups in total. The van der Waals surface area contributed by atoms with Gasteiger partial charge in [0.15, 0.2) is 0 Å². The predicted molar refractivity (Wildman–Crippen MR) is 85.6 cm³/mol. The largest absolute Gasteiger partial charge is 0.465 e. The number of carbonyl (C=O) groups is 1. The van der Waals surface area contributed by atoms with Crippen molar-refractivity contribution in [3.05, 3.63) is 41.5 Å². The van der Waals surface area contributed by atoms with Crippen LogP contribution in [0.1, 0.15) is 29.3 Å². The molecule has 21 heavy (non-hydrogen) atoms. The number of para-hydroxylation sites is 1. The Bertz CT molecular complexity index is 834. The van der Waals surface area contributed by atoms with Gasteiger partial charge >= 0.3 is 5.97 Å². The fourth-order valence-electron chi connectivity index (χ4n) is 2.90. The van der Waals surface area contributed by atoms with E-state index in [2.05, 4.69) is 11.9 Å². The van der Waals surface area contributed by atoms with Gasteiger partial charge in [-0.3, -0.25) is 0 Å². The smallest absolute Gasteiger partial charge is 0.340 e. The number of hydrogen-bond acceptors (Lipinski definition) is 3. The first kappa shape index (κ1) is 13.5. The molecule has 108 valence electrons. The van der Waals surface area contributed by atoms with E-state index in [0.717, 1.165) is 40.2 Å². The van der Waals surface area contributed by atoms with Crippen molar-refractivity contribution in [3.8, 4) is 0 Å². The summed E-state index contributed by atoms with van der Waals surface area (Å²) in [6.07, 6.45) is 1.67. The van der Waals surface area contributed by atoms with Crippen molar-refractivity contribution in [2.75, 3.05) is 12.8 Å². The molecule has 0 spiro atoms. The number of anilines is 1. The Morgan fingerprint density at radius 2 is 2.05 bits per heavy atom. The standard InChI is InChI=1S/C17H18N2O2/c1-3-6-11-13(18)9-12-10-7-4-5-8-14(10)19-16(12)15(11)17(20)21-2/h4-5,7-9,19H,3,6,18H2,1-2H3. The SMILES string of the molecule is CCCc1c(N)cc2c([nH]c3ccccc32)c1C(=O)OC. The molecule has 0 aliphatic carbocycles. The highest BCUT2D eigenvalue weighted by molar-refractivity contribution is 6.16. The number of rotatable bonds is 3.